The topological polar surface area (TPSA) is 49.9 Å². The second kappa shape index (κ2) is 7.25. The first kappa shape index (κ1) is 16.2. The molecular weight excluding hydrogens is 312 g/mol. The van der Waals surface area contributed by atoms with Crippen LogP contribution in [0, 0.1) is 0 Å². The van der Waals surface area contributed by atoms with E-state index in [2.05, 4.69) is 0 Å². The number of thioether (sulfide) groups is 1. The smallest absolute Gasteiger partial charge is 0.281 e. The molecule has 1 aromatic carbocycles. The van der Waals surface area contributed by atoms with Crippen molar-refractivity contribution in [3.8, 4) is 5.75 Å². The molecule has 0 N–H and O–H groups in total. The molecule has 124 valence electrons. The van der Waals surface area contributed by atoms with Crippen LogP contribution in [0.1, 0.15) is 30.9 Å². The highest BCUT2D eigenvalue weighted by Crippen LogP contribution is 2.33. The highest BCUT2D eigenvalue weighted by atomic mass is 32.2. The van der Waals surface area contributed by atoms with E-state index < -0.39 is 0 Å². The maximum Gasteiger partial charge on any atom is 0.281 e. The van der Waals surface area contributed by atoms with Gasteiger partial charge in [-0.2, -0.15) is 0 Å². The van der Waals surface area contributed by atoms with Crippen LogP contribution in [0.3, 0.4) is 0 Å². The molecule has 0 bridgehead atoms. The highest BCUT2D eigenvalue weighted by molar-refractivity contribution is 8.13. The quantitative estimate of drug-likeness (QED) is 0.831. The summed E-state index contributed by atoms with van der Waals surface area (Å²) in [6, 6.07) is 8.11. The Bertz CT molecular complexity index is 576. The number of carbonyl (C=O) groups is 2. The summed E-state index contributed by atoms with van der Waals surface area (Å²) in [5.74, 6) is 1.81. The van der Waals surface area contributed by atoms with Gasteiger partial charge in [-0.15, -0.1) is 0 Å². The fourth-order valence-corrected chi connectivity index (χ4v) is 4.09. The van der Waals surface area contributed by atoms with Crippen molar-refractivity contribution < 1.29 is 14.3 Å². The minimum Gasteiger partial charge on any atom is -0.497 e. The first-order valence-electron chi connectivity index (χ1n) is 8.04. The summed E-state index contributed by atoms with van der Waals surface area (Å²) in [5, 5.41) is 0.103. The fraction of sp³-hybridized carbons (Fsp3) is 0.529. The molecule has 1 atom stereocenters. The van der Waals surface area contributed by atoms with Crippen molar-refractivity contribution >= 4 is 22.9 Å². The molecule has 2 aliphatic rings. The van der Waals surface area contributed by atoms with Crippen LogP contribution >= 0.6 is 11.8 Å². The molecule has 0 radical (unpaired) electrons. The predicted octanol–water partition coefficient (Wildman–Crippen LogP) is 2.92. The van der Waals surface area contributed by atoms with Crippen molar-refractivity contribution in [2.45, 2.75) is 25.3 Å². The summed E-state index contributed by atoms with van der Waals surface area (Å²) < 4.78 is 5.19. The molecule has 0 saturated carbocycles. The van der Waals surface area contributed by atoms with Gasteiger partial charge in [0.05, 0.1) is 13.2 Å². The minimum absolute atomic E-state index is 0.103. The molecule has 0 aliphatic carbocycles. The molecule has 0 spiro atoms. The lowest BCUT2D eigenvalue weighted by atomic mass is 10.0. The van der Waals surface area contributed by atoms with E-state index in [4.69, 9.17) is 4.74 Å². The van der Waals surface area contributed by atoms with Crippen molar-refractivity contribution in [3.63, 3.8) is 0 Å². The Morgan fingerprint density at radius 3 is 2.74 bits per heavy atom. The van der Waals surface area contributed by atoms with Crippen LogP contribution in [0.25, 0.3) is 0 Å². The monoisotopic (exact) mass is 334 g/mol. The molecule has 2 aliphatic heterocycles. The van der Waals surface area contributed by atoms with E-state index in [-0.39, 0.29) is 17.2 Å². The second-order valence-electron chi connectivity index (χ2n) is 5.87. The average Bonchev–Trinajstić information content (AvgIpc) is 3.22. The van der Waals surface area contributed by atoms with Gasteiger partial charge >= 0.3 is 0 Å². The van der Waals surface area contributed by atoms with Crippen LogP contribution in [0.2, 0.25) is 0 Å². The number of benzene rings is 1. The molecule has 23 heavy (non-hydrogen) atoms. The minimum atomic E-state index is 0.103. The number of methoxy groups -OCH3 is 1. The van der Waals surface area contributed by atoms with E-state index in [1.54, 1.807) is 12.0 Å². The molecule has 2 fully saturated rings. The van der Waals surface area contributed by atoms with Gasteiger partial charge in [-0.25, -0.2) is 0 Å². The van der Waals surface area contributed by atoms with Crippen LogP contribution < -0.4 is 4.74 Å². The normalized spacial score (nSPS) is 21.1. The third-order valence-corrected chi connectivity index (χ3v) is 5.41. The summed E-state index contributed by atoms with van der Waals surface area (Å²) >= 11 is 1.34. The van der Waals surface area contributed by atoms with Crippen LogP contribution in [0.15, 0.2) is 24.3 Å². The maximum absolute atomic E-state index is 12.6. The molecule has 2 amide bonds. The SMILES string of the molecule is COc1ccc([C@@H]2CCCN2C(=O)CCN2CCSC2=O)cc1. The van der Waals surface area contributed by atoms with Crippen molar-refractivity contribution in [2.24, 2.45) is 0 Å². The number of hydrogen-bond donors (Lipinski definition) is 0. The van der Waals surface area contributed by atoms with Crippen LogP contribution in [-0.2, 0) is 4.79 Å². The van der Waals surface area contributed by atoms with Gasteiger partial charge in [0.2, 0.25) is 5.91 Å². The lowest BCUT2D eigenvalue weighted by molar-refractivity contribution is -0.132. The first-order valence-corrected chi connectivity index (χ1v) is 9.02. The molecule has 5 nitrogen and oxygen atoms in total. The van der Waals surface area contributed by atoms with Crippen LogP contribution in [0.4, 0.5) is 4.79 Å². The number of rotatable bonds is 5. The number of ether oxygens (including phenoxy) is 1. The zero-order valence-corrected chi connectivity index (χ0v) is 14.2. The second-order valence-corrected chi connectivity index (χ2v) is 6.92. The predicted molar refractivity (Wildman–Crippen MR) is 90.7 cm³/mol. The molecule has 0 unspecified atom stereocenters. The van der Waals surface area contributed by atoms with E-state index in [0.29, 0.717) is 13.0 Å². The average molecular weight is 334 g/mol. The largest absolute Gasteiger partial charge is 0.497 e. The zero-order valence-electron chi connectivity index (χ0n) is 13.4. The number of amides is 2. The Morgan fingerprint density at radius 2 is 2.09 bits per heavy atom. The number of likely N-dealkylation sites (tertiary alicyclic amines) is 1. The molecule has 6 heteroatoms. The van der Waals surface area contributed by atoms with E-state index in [0.717, 1.165) is 43.0 Å². The van der Waals surface area contributed by atoms with E-state index >= 15 is 0 Å². The highest BCUT2D eigenvalue weighted by Gasteiger charge is 2.30. The Labute approximate surface area is 141 Å². The van der Waals surface area contributed by atoms with Gasteiger partial charge < -0.3 is 14.5 Å². The third-order valence-electron chi connectivity index (χ3n) is 4.51. The Hall–Kier alpha value is -1.69. The summed E-state index contributed by atoms with van der Waals surface area (Å²) in [7, 11) is 1.65. The molecular formula is C17H22N2O3S. The standard InChI is InChI=1S/C17H22N2O3S/c1-22-14-6-4-13(5-7-14)15-3-2-9-19(15)16(20)8-10-18-11-12-23-17(18)21/h4-7,15H,2-3,8-12H2,1H3/t15-/m0/s1. The molecule has 0 aromatic heterocycles. The maximum atomic E-state index is 12.6. The van der Waals surface area contributed by atoms with Gasteiger partial charge in [0, 0.05) is 31.8 Å². The number of nitrogens with zero attached hydrogens (tertiary/aromatic N) is 2. The van der Waals surface area contributed by atoms with Crippen molar-refractivity contribution in [1.29, 1.82) is 0 Å². The summed E-state index contributed by atoms with van der Waals surface area (Å²) in [4.78, 5) is 27.9. The molecule has 3 rings (SSSR count). The zero-order chi connectivity index (χ0) is 16.2. The molecule has 2 saturated heterocycles. The van der Waals surface area contributed by atoms with E-state index in [1.807, 2.05) is 29.2 Å². The van der Waals surface area contributed by atoms with E-state index in [1.165, 1.54) is 11.8 Å². The lowest BCUT2D eigenvalue weighted by Gasteiger charge is -2.26. The lowest BCUT2D eigenvalue weighted by Crippen LogP contribution is -2.34. The molecule has 2 heterocycles. The summed E-state index contributed by atoms with van der Waals surface area (Å²) in [6.45, 7) is 2.10. The van der Waals surface area contributed by atoms with Crippen molar-refractivity contribution in [2.75, 3.05) is 32.5 Å². The van der Waals surface area contributed by atoms with Crippen LogP contribution in [0.5, 0.6) is 5.75 Å². The number of carbonyl (C=O) groups excluding carboxylic acids is 2. The Morgan fingerprint density at radius 1 is 1.30 bits per heavy atom. The van der Waals surface area contributed by atoms with Crippen LogP contribution in [-0.4, -0.2) is 53.4 Å². The van der Waals surface area contributed by atoms with Gasteiger partial charge in [0.25, 0.3) is 5.24 Å². The van der Waals surface area contributed by atoms with E-state index in [9.17, 15) is 9.59 Å². The molecule has 1 aromatic rings. The third kappa shape index (κ3) is 3.63. The van der Waals surface area contributed by atoms with Gasteiger partial charge in [0.1, 0.15) is 5.75 Å². The van der Waals surface area contributed by atoms with Gasteiger partial charge in [0.15, 0.2) is 0 Å². The number of hydrogen-bond acceptors (Lipinski definition) is 4. The van der Waals surface area contributed by atoms with Crippen molar-refractivity contribution in [3.05, 3.63) is 29.8 Å². The fourth-order valence-electron chi connectivity index (χ4n) is 3.24. The van der Waals surface area contributed by atoms with Gasteiger partial charge in [-0.1, -0.05) is 23.9 Å². The van der Waals surface area contributed by atoms with Gasteiger partial charge in [-0.05, 0) is 30.5 Å². The van der Waals surface area contributed by atoms with Gasteiger partial charge in [-0.3, -0.25) is 9.59 Å². The first-order chi connectivity index (χ1) is 11.2. The summed E-state index contributed by atoms with van der Waals surface area (Å²) in [6.07, 6.45) is 2.44. The Kier molecular flexibility index (Phi) is 5.10. The Balaban J connectivity index is 1.61. The summed E-state index contributed by atoms with van der Waals surface area (Å²) in [5.41, 5.74) is 1.16. The van der Waals surface area contributed by atoms with Crippen molar-refractivity contribution in [1.82, 2.24) is 9.80 Å².